The largest absolute Gasteiger partial charge is 0.504 e. The molecule has 23 heavy (non-hydrogen) atoms. The number of ketones is 1. The van der Waals surface area contributed by atoms with Crippen molar-refractivity contribution in [3.05, 3.63) is 42.8 Å². The van der Waals surface area contributed by atoms with Gasteiger partial charge in [0.05, 0.1) is 20.6 Å². The molecule has 0 bridgehead atoms. The van der Waals surface area contributed by atoms with E-state index in [1.807, 2.05) is 22.6 Å². The SMILES string of the molecule is COc1cc(/C=C2\SC(=N)[C@H](c3nccs3)C2=O)cc(I)c1O. The number of phenolic OH excluding ortho intramolecular Hbond substituents is 1. The molecule has 1 aliphatic rings. The normalized spacial score (nSPS) is 19.6. The first-order valence-electron chi connectivity index (χ1n) is 6.49. The summed E-state index contributed by atoms with van der Waals surface area (Å²) < 4.78 is 5.77. The van der Waals surface area contributed by atoms with Crippen molar-refractivity contribution in [1.29, 1.82) is 5.41 Å². The minimum Gasteiger partial charge on any atom is -0.504 e. The molecular weight excluding hydrogens is 447 g/mol. The van der Waals surface area contributed by atoms with E-state index in [0.717, 1.165) is 17.3 Å². The number of ether oxygens (including phenoxy) is 1. The number of aromatic nitrogens is 1. The van der Waals surface area contributed by atoms with Gasteiger partial charge < -0.3 is 9.84 Å². The fraction of sp³-hybridized carbons (Fsp3) is 0.133. The van der Waals surface area contributed by atoms with E-state index in [-0.39, 0.29) is 16.6 Å². The lowest BCUT2D eigenvalue weighted by Gasteiger charge is -2.07. The summed E-state index contributed by atoms with van der Waals surface area (Å²) in [5, 5.41) is 20.7. The lowest BCUT2D eigenvalue weighted by molar-refractivity contribution is -0.114. The van der Waals surface area contributed by atoms with Crippen molar-refractivity contribution in [1.82, 2.24) is 4.98 Å². The molecule has 0 saturated carbocycles. The highest BCUT2D eigenvalue weighted by atomic mass is 127. The number of carbonyl (C=O) groups excluding carboxylic acids is 1. The van der Waals surface area contributed by atoms with Gasteiger partial charge in [-0.05, 0) is 46.4 Å². The molecule has 0 unspecified atom stereocenters. The molecule has 5 nitrogen and oxygen atoms in total. The maximum atomic E-state index is 12.6. The Labute approximate surface area is 154 Å². The van der Waals surface area contributed by atoms with Crippen LogP contribution in [0.4, 0.5) is 0 Å². The molecule has 0 aliphatic carbocycles. The summed E-state index contributed by atoms with van der Waals surface area (Å²) in [7, 11) is 1.48. The molecule has 0 spiro atoms. The van der Waals surface area contributed by atoms with E-state index < -0.39 is 5.92 Å². The first kappa shape index (κ1) is 16.5. The van der Waals surface area contributed by atoms with Gasteiger partial charge in [-0.2, -0.15) is 0 Å². The Morgan fingerprint density at radius 2 is 2.26 bits per heavy atom. The number of thioether (sulfide) groups is 1. The number of hydrogen-bond donors (Lipinski definition) is 2. The highest BCUT2D eigenvalue weighted by molar-refractivity contribution is 14.1. The summed E-state index contributed by atoms with van der Waals surface area (Å²) in [6, 6.07) is 3.43. The summed E-state index contributed by atoms with van der Waals surface area (Å²) in [6.07, 6.45) is 3.36. The highest BCUT2D eigenvalue weighted by Gasteiger charge is 2.38. The summed E-state index contributed by atoms with van der Waals surface area (Å²) in [4.78, 5) is 17.2. The van der Waals surface area contributed by atoms with Crippen molar-refractivity contribution < 1.29 is 14.6 Å². The maximum Gasteiger partial charge on any atom is 0.186 e. The second-order valence-corrected chi connectivity index (χ2v) is 7.87. The van der Waals surface area contributed by atoms with Crippen LogP contribution < -0.4 is 4.74 Å². The van der Waals surface area contributed by atoms with E-state index in [2.05, 4.69) is 4.98 Å². The molecule has 8 heteroatoms. The molecule has 3 rings (SSSR count). The van der Waals surface area contributed by atoms with Gasteiger partial charge in [-0.15, -0.1) is 11.3 Å². The third-order valence-electron chi connectivity index (χ3n) is 3.25. The minimum absolute atomic E-state index is 0.0778. The number of methoxy groups -OCH3 is 1. The van der Waals surface area contributed by atoms with Crippen LogP contribution in [-0.2, 0) is 4.79 Å². The second-order valence-electron chi connectivity index (χ2n) is 4.70. The van der Waals surface area contributed by atoms with Crippen LogP contribution in [0.15, 0.2) is 28.6 Å². The van der Waals surface area contributed by atoms with Gasteiger partial charge in [-0.1, -0.05) is 11.8 Å². The molecule has 0 radical (unpaired) electrons. The predicted molar refractivity (Wildman–Crippen MR) is 101 cm³/mol. The summed E-state index contributed by atoms with van der Waals surface area (Å²) in [6.45, 7) is 0. The Kier molecular flexibility index (Phi) is 4.74. The van der Waals surface area contributed by atoms with E-state index in [0.29, 0.717) is 19.2 Å². The van der Waals surface area contributed by atoms with E-state index in [9.17, 15) is 9.90 Å². The number of nitrogens with zero attached hydrogens (tertiary/aromatic N) is 1. The zero-order chi connectivity index (χ0) is 16.6. The number of phenols is 1. The first-order chi connectivity index (χ1) is 11.0. The molecule has 2 heterocycles. The van der Waals surface area contributed by atoms with Gasteiger partial charge in [-0.25, -0.2) is 4.98 Å². The minimum atomic E-state index is -0.593. The summed E-state index contributed by atoms with van der Waals surface area (Å²) >= 11 is 4.54. The number of allylic oxidation sites excluding steroid dienone is 1. The number of nitrogens with one attached hydrogen (secondary N) is 1. The molecule has 1 aromatic carbocycles. The number of Topliss-reactive ketones (excluding diaryl/α,β-unsaturated/α-hetero) is 1. The quantitative estimate of drug-likeness (QED) is 0.539. The number of aromatic hydroxyl groups is 1. The van der Waals surface area contributed by atoms with Crippen LogP contribution in [0.5, 0.6) is 11.5 Å². The van der Waals surface area contributed by atoms with E-state index in [4.69, 9.17) is 10.1 Å². The fourth-order valence-electron chi connectivity index (χ4n) is 2.18. The van der Waals surface area contributed by atoms with Gasteiger partial charge in [0.2, 0.25) is 0 Å². The Balaban J connectivity index is 1.97. The average molecular weight is 458 g/mol. The molecule has 1 aliphatic heterocycles. The fourth-order valence-corrected chi connectivity index (χ4v) is 4.61. The van der Waals surface area contributed by atoms with E-state index in [1.165, 1.54) is 18.4 Å². The van der Waals surface area contributed by atoms with Crippen molar-refractivity contribution in [3.8, 4) is 11.5 Å². The average Bonchev–Trinajstić information content (AvgIpc) is 3.12. The second kappa shape index (κ2) is 6.62. The Bertz CT molecular complexity index is 818. The van der Waals surface area contributed by atoms with Crippen LogP contribution in [0.2, 0.25) is 0 Å². The molecule has 1 fully saturated rings. The number of halogens is 1. The van der Waals surface area contributed by atoms with E-state index >= 15 is 0 Å². The standard InChI is InChI=1S/C15H11IN2O3S2/c1-21-9-5-7(4-8(16)12(9)19)6-10-13(20)11(14(17)23-10)15-18-2-3-22-15/h2-6,11,17,19H,1H3/b10-6-,17-14?/t11-/m1/s1. The van der Waals surface area contributed by atoms with E-state index in [1.54, 1.807) is 29.8 Å². The van der Waals surface area contributed by atoms with Gasteiger partial charge in [0, 0.05) is 11.6 Å². The van der Waals surface area contributed by atoms with Crippen molar-refractivity contribution >= 4 is 62.6 Å². The first-order valence-corrected chi connectivity index (χ1v) is 9.27. The molecule has 0 amide bonds. The third-order valence-corrected chi connectivity index (χ3v) is 5.91. The topological polar surface area (TPSA) is 83.3 Å². The molecule has 1 atom stereocenters. The van der Waals surface area contributed by atoms with Gasteiger partial charge in [0.15, 0.2) is 17.3 Å². The number of benzene rings is 1. The Morgan fingerprint density at radius 1 is 1.48 bits per heavy atom. The number of rotatable bonds is 3. The maximum absolute atomic E-state index is 12.6. The smallest absolute Gasteiger partial charge is 0.186 e. The van der Waals surface area contributed by atoms with Gasteiger partial charge in [0.1, 0.15) is 10.9 Å². The zero-order valence-corrected chi connectivity index (χ0v) is 15.7. The lowest BCUT2D eigenvalue weighted by Crippen LogP contribution is -2.11. The number of hydrogen-bond acceptors (Lipinski definition) is 7. The lowest BCUT2D eigenvalue weighted by atomic mass is 10.0. The molecular formula is C15H11IN2O3S2. The van der Waals surface area contributed by atoms with Crippen LogP contribution in [0.25, 0.3) is 6.08 Å². The van der Waals surface area contributed by atoms with Crippen molar-refractivity contribution in [2.24, 2.45) is 0 Å². The van der Waals surface area contributed by atoms with Gasteiger partial charge in [-0.3, -0.25) is 10.2 Å². The highest BCUT2D eigenvalue weighted by Crippen LogP contribution is 2.42. The molecule has 1 saturated heterocycles. The van der Waals surface area contributed by atoms with Crippen LogP contribution in [-0.4, -0.2) is 28.0 Å². The van der Waals surface area contributed by atoms with Gasteiger partial charge >= 0.3 is 0 Å². The zero-order valence-electron chi connectivity index (χ0n) is 11.9. The Morgan fingerprint density at radius 3 is 2.91 bits per heavy atom. The van der Waals surface area contributed by atoms with Crippen LogP contribution in [0.1, 0.15) is 16.5 Å². The monoisotopic (exact) mass is 458 g/mol. The van der Waals surface area contributed by atoms with Crippen molar-refractivity contribution in [3.63, 3.8) is 0 Å². The number of thiazole rings is 1. The molecule has 118 valence electrons. The molecule has 2 N–H and O–H groups in total. The number of carbonyl (C=O) groups is 1. The third kappa shape index (κ3) is 3.15. The van der Waals surface area contributed by atoms with Crippen LogP contribution in [0.3, 0.4) is 0 Å². The molecule has 2 aromatic rings. The molecule has 1 aromatic heterocycles. The van der Waals surface area contributed by atoms with Gasteiger partial charge in [0.25, 0.3) is 0 Å². The predicted octanol–water partition coefficient (Wildman–Crippen LogP) is 3.88. The van der Waals surface area contributed by atoms with Crippen LogP contribution in [0, 0.1) is 8.98 Å². The summed E-state index contributed by atoms with van der Waals surface area (Å²) in [5.74, 6) is -0.277. The Hall–Kier alpha value is -1.39. The van der Waals surface area contributed by atoms with Crippen LogP contribution >= 0.6 is 45.7 Å². The van der Waals surface area contributed by atoms with Crippen molar-refractivity contribution in [2.75, 3.05) is 7.11 Å². The van der Waals surface area contributed by atoms with Crippen molar-refractivity contribution in [2.45, 2.75) is 5.92 Å². The summed E-state index contributed by atoms with van der Waals surface area (Å²) in [5.41, 5.74) is 0.743.